The number of carbonyl (C=O) groups is 1. The molecule has 0 aromatic heterocycles. The molecule has 0 aliphatic heterocycles. The van der Waals surface area contributed by atoms with Crippen molar-refractivity contribution in [2.24, 2.45) is 10.2 Å². The van der Waals surface area contributed by atoms with Crippen LogP contribution in [0.2, 0.25) is 0 Å². The van der Waals surface area contributed by atoms with Crippen LogP contribution in [0.5, 0.6) is 5.75 Å². The summed E-state index contributed by atoms with van der Waals surface area (Å²) in [6.07, 6.45) is 0. The van der Waals surface area contributed by atoms with Crippen molar-refractivity contribution < 1.29 is 9.53 Å². The van der Waals surface area contributed by atoms with E-state index in [1.807, 2.05) is 30.3 Å². The fraction of sp³-hybridized carbons (Fsp3) is 0.133. The Balaban J connectivity index is 2.21. The van der Waals surface area contributed by atoms with Crippen LogP contribution in [0.15, 0.2) is 58.8 Å². The van der Waals surface area contributed by atoms with Crippen molar-refractivity contribution in [2.45, 2.75) is 6.92 Å². The van der Waals surface area contributed by atoms with E-state index in [0.717, 1.165) is 5.69 Å². The number of hydrogen-bond acceptors (Lipinski definition) is 4. The van der Waals surface area contributed by atoms with E-state index in [0.29, 0.717) is 17.1 Å². The first-order chi connectivity index (χ1) is 9.69. The molecular weight excluding hydrogens is 254 g/mol. The lowest BCUT2D eigenvalue weighted by Crippen LogP contribution is -2.06. The normalized spacial score (nSPS) is 10.5. The minimum Gasteiger partial charge on any atom is -0.494 e. The SMILES string of the molecule is COc1cc(N=Nc2ccccc2)ccc1NC(C)=O. The second kappa shape index (κ2) is 6.47. The van der Waals surface area contributed by atoms with Gasteiger partial charge in [0.15, 0.2) is 0 Å². The molecule has 1 N–H and O–H groups in total. The number of hydrogen-bond donors (Lipinski definition) is 1. The molecular formula is C15H15N3O2. The summed E-state index contributed by atoms with van der Waals surface area (Å²) >= 11 is 0. The van der Waals surface area contributed by atoms with Crippen molar-refractivity contribution in [1.82, 2.24) is 0 Å². The van der Waals surface area contributed by atoms with E-state index in [1.165, 1.54) is 6.92 Å². The van der Waals surface area contributed by atoms with Gasteiger partial charge in [-0.1, -0.05) is 18.2 Å². The van der Waals surface area contributed by atoms with Crippen LogP contribution in [-0.4, -0.2) is 13.0 Å². The predicted octanol–water partition coefficient (Wildman–Crippen LogP) is 4.07. The third kappa shape index (κ3) is 3.65. The van der Waals surface area contributed by atoms with Gasteiger partial charge >= 0.3 is 0 Å². The Labute approximate surface area is 117 Å². The summed E-state index contributed by atoms with van der Waals surface area (Å²) in [6.45, 7) is 1.45. The third-order valence-corrected chi connectivity index (χ3v) is 2.53. The minimum atomic E-state index is -0.151. The summed E-state index contributed by atoms with van der Waals surface area (Å²) in [5.41, 5.74) is 2.04. The Kier molecular flexibility index (Phi) is 4.44. The molecule has 5 nitrogen and oxygen atoms in total. The quantitative estimate of drug-likeness (QED) is 0.850. The minimum absolute atomic E-state index is 0.151. The molecule has 0 spiro atoms. The van der Waals surface area contributed by atoms with Crippen molar-refractivity contribution in [3.8, 4) is 5.75 Å². The molecule has 5 heteroatoms. The number of nitrogens with zero attached hydrogens (tertiary/aromatic N) is 2. The van der Waals surface area contributed by atoms with Crippen molar-refractivity contribution in [3.63, 3.8) is 0 Å². The Morgan fingerprint density at radius 2 is 1.75 bits per heavy atom. The van der Waals surface area contributed by atoms with Crippen molar-refractivity contribution in [3.05, 3.63) is 48.5 Å². The Hall–Kier alpha value is -2.69. The van der Waals surface area contributed by atoms with Gasteiger partial charge in [0, 0.05) is 13.0 Å². The number of rotatable bonds is 4. The zero-order valence-corrected chi connectivity index (χ0v) is 11.3. The summed E-state index contributed by atoms with van der Waals surface area (Å²) in [5.74, 6) is 0.395. The number of azo groups is 1. The molecule has 0 fully saturated rings. The van der Waals surface area contributed by atoms with Crippen molar-refractivity contribution >= 4 is 23.0 Å². The molecule has 2 aromatic carbocycles. The molecule has 1 amide bonds. The fourth-order valence-electron chi connectivity index (χ4n) is 1.65. The molecule has 0 heterocycles. The van der Waals surface area contributed by atoms with Crippen LogP contribution in [-0.2, 0) is 4.79 Å². The first kappa shape index (κ1) is 13.7. The maximum atomic E-state index is 11.1. The molecule has 0 bridgehead atoms. The Morgan fingerprint density at radius 3 is 2.40 bits per heavy atom. The molecule has 20 heavy (non-hydrogen) atoms. The smallest absolute Gasteiger partial charge is 0.221 e. The van der Waals surface area contributed by atoms with Crippen LogP contribution in [0, 0.1) is 0 Å². The molecule has 0 aliphatic rings. The molecule has 0 aliphatic carbocycles. The van der Waals surface area contributed by atoms with Crippen LogP contribution in [0.1, 0.15) is 6.92 Å². The molecule has 0 atom stereocenters. The summed E-state index contributed by atoms with van der Waals surface area (Å²) in [5, 5.41) is 11.0. The highest BCUT2D eigenvalue weighted by molar-refractivity contribution is 5.90. The molecule has 0 saturated carbocycles. The zero-order chi connectivity index (χ0) is 14.4. The number of benzene rings is 2. The van der Waals surface area contributed by atoms with Gasteiger partial charge in [-0.15, -0.1) is 0 Å². The lowest BCUT2D eigenvalue weighted by molar-refractivity contribution is -0.114. The lowest BCUT2D eigenvalue weighted by Gasteiger charge is -2.08. The Morgan fingerprint density at radius 1 is 1.05 bits per heavy atom. The van der Waals surface area contributed by atoms with Gasteiger partial charge in [-0.25, -0.2) is 0 Å². The van der Waals surface area contributed by atoms with Gasteiger partial charge < -0.3 is 10.1 Å². The number of anilines is 1. The molecule has 102 valence electrons. The molecule has 0 unspecified atom stereocenters. The standard InChI is InChI=1S/C15H15N3O2/c1-11(19)16-14-9-8-13(10-15(14)20-2)18-17-12-6-4-3-5-7-12/h3-10H,1-2H3,(H,16,19). The van der Waals surface area contributed by atoms with Gasteiger partial charge in [-0.05, 0) is 24.3 Å². The van der Waals surface area contributed by atoms with Gasteiger partial charge in [0.05, 0.1) is 24.2 Å². The van der Waals surface area contributed by atoms with E-state index in [4.69, 9.17) is 4.74 Å². The summed E-state index contributed by atoms with van der Waals surface area (Å²) in [6, 6.07) is 14.7. The summed E-state index contributed by atoms with van der Waals surface area (Å²) in [7, 11) is 1.54. The second-order valence-corrected chi connectivity index (χ2v) is 4.10. The molecule has 2 aromatic rings. The lowest BCUT2D eigenvalue weighted by atomic mass is 10.2. The summed E-state index contributed by atoms with van der Waals surface area (Å²) < 4.78 is 5.22. The number of methoxy groups -OCH3 is 1. The highest BCUT2D eigenvalue weighted by atomic mass is 16.5. The van der Waals surface area contributed by atoms with Crippen molar-refractivity contribution in [1.29, 1.82) is 0 Å². The number of ether oxygens (including phenoxy) is 1. The number of amides is 1. The van der Waals surface area contributed by atoms with Gasteiger partial charge in [0.1, 0.15) is 5.75 Å². The van der Waals surface area contributed by atoms with E-state index in [-0.39, 0.29) is 5.91 Å². The largest absolute Gasteiger partial charge is 0.494 e. The van der Waals surface area contributed by atoms with Gasteiger partial charge in [-0.2, -0.15) is 10.2 Å². The van der Waals surface area contributed by atoms with E-state index in [1.54, 1.807) is 25.3 Å². The van der Waals surface area contributed by atoms with Crippen LogP contribution >= 0.6 is 0 Å². The first-order valence-electron chi connectivity index (χ1n) is 6.11. The van der Waals surface area contributed by atoms with Crippen LogP contribution in [0.25, 0.3) is 0 Å². The highest BCUT2D eigenvalue weighted by Gasteiger charge is 2.05. The average molecular weight is 269 g/mol. The monoisotopic (exact) mass is 269 g/mol. The average Bonchev–Trinajstić information content (AvgIpc) is 2.46. The number of carbonyl (C=O) groups excluding carboxylic acids is 1. The van der Waals surface area contributed by atoms with Gasteiger partial charge in [0.2, 0.25) is 5.91 Å². The van der Waals surface area contributed by atoms with E-state index in [2.05, 4.69) is 15.5 Å². The molecule has 2 rings (SSSR count). The first-order valence-corrected chi connectivity index (χ1v) is 6.11. The van der Waals surface area contributed by atoms with E-state index < -0.39 is 0 Å². The second-order valence-electron chi connectivity index (χ2n) is 4.10. The third-order valence-electron chi connectivity index (χ3n) is 2.53. The summed E-state index contributed by atoms with van der Waals surface area (Å²) in [4.78, 5) is 11.1. The maximum absolute atomic E-state index is 11.1. The number of nitrogens with one attached hydrogen (secondary N) is 1. The highest BCUT2D eigenvalue weighted by Crippen LogP contribution is 2.30. The van der Waals surface area contributed by atoms with E-state index >= 15 is 0 Å². The maximum Gasteiger partial charge on any atom is 0.221 e. The molecule has 0 saturated heterocycles. The van der Waals surface area contributed by atoms with E-state index in [9.17, 15) is 4.79 Å². The van der Waals surface area contributed by atoms with Gasteiger partial charge in [-0.3, -0.25) is 4.79 Å². The van der Waals surface area contributed by atoms with Crippen LogP contribution < -0.4 is 10.1 Å². The topological polar surface area (TPSA) is 63.1 Å². The molecule has 0 radical (unpaired) electrons. The zero-order valence-electron chi connectivity index (χ0n) is 11.3. The fourth-order valence-corrected chi connectivity index (χ4v) is 1.65. The Bertz CT molecular complexity index is 624. The van der Waals surface area contributed by atoms with Crippen LogP contribution in [0.3, 0.4) is 0 Å². The predicted molar refractivity (Wildman–Crippen MR) is 77.9 cm³/mol. The van der Waals surface area contributed by atoms with Crippen molar-refractivity contribution in [2.75, 3.05) is 12.4 Å². The van der Waals surface area contributed by atoms with Gasteiger partial charge in [0.25, 0.3) is 0 Å². The van der Waals surface area contributed by atoms with Crippen LogP contribution in [0.4, 0.5) is 17.1 Å².